The molecule has 0 aliphatic heterocycles. The number of aliphatic hydroxyl groups is 1. The molecule has 0 aliphatic carbocycles. The molecule has 1 heterocycles. The summed E-state index contributed by atoms with van der Waals surface area (Å²) >= 11 is 0. The Morgan fingerprint density at radius 2 is 1.35 bits per heavy atom. The van der Waals surface area contributed by atoms with E-state index >= 15 is 0 Å². The number of aromatic nitrogens is 1. The molecular weight excluding hydrogens is 417 g/mol. The molecule has 0 atom stereocenters. The molecule has 0 saturated heterocycles. The Hall–Kier alpha value is -3.34. The number of benzene rings is 4. The topological polar surface area (TPSA) is 34.4 Å². The van der Waals surface area contributed by atoms with Crippen molar-refractivity contribution in [2.45, 2.75) is 38.9 Å². The van der Waals surface area contributed by atoms with Crippen molar-refractivity contribution in [1.82, 2.24) is 4.57 Å². The summed E-state index contributed by atoms with van der Waals surface area (Å²) in [4.78, 5) is 0. The Kier molecular flexibility index (Phi) is 5.59. The van der Waals surface area contributed by atoms with Gasteiger partial charge in [-0.05, 0) is 69.2 Å². The average Bonchev–Trinajstić information content (AvgIpc) is 3.16. The van der Waals surface area contributed by atoms with Crippen LogP contribution in [0.3, 0.4) is 0 Å². The van der Waals surface area contributed by atoms with Crippen molar-refractivity contribution in [2.75, 3.05) is 0 Å². The van der Waals surface area contributed by atoms with Crippen molar-refractivity contribution in [3.05, 3.63) is 97.1 Å². The largest absolute Gasteiger partial charge is 0.427 e. The van der Waals surface area contributed by atoms with Crippen LogP contribution in [0.25, 0.3) is 38.6 Å². The Morgan fingerprint density at radius 3 is 2.12 bits per heavy atom. The van der Waals surface area contributed by atoms with Gasteiger partial charge in [-0.1, -0.05) is 72.2 Å². The third-order valence-corrected chi connectivity index (χ3v) is 7.02. The first-order valence-electron chi connectivity index (χ1n) is 11.8. The summed E-state index contributed by atoms with van der Waals surface area (Å²) in [7, 11) is 0.445. The fourth-order valence-electron chi connectivity index (χ4n) is 4.29. The van der Waals surface area contributed by atoms with E-state index < -0.39 is 11.2 Å². The summed E-state index contributed by atoms with van der Waals surface area (Å²) in [5.74, 6) is 0. The first kappa shape index (κ1) is 22.5. The van der Waals surface area contributed by atoms with Gasteiger partial charge in [0, 0.05) is 16.5 Å². The van der Waals surface area contributed by atoms with Gasteiger partial charge in [0.1, 0.15) is 0 Å². The van der Waals surface area contributed by atoms with Gasteiger partial charge in [-0.2, -0.15) is 0 Å². The highest BCUT2D eigenvalue weighted by molar-refractivity contribution is 6.47. The lowest BCUT2D eigenvalue weighted by molar-refractivity contribution is -0.0893. The molecule has 5 aromatic rings. The maximum Gasteiger partial charge on any atom is 0.309 e. The van der Waals surface area contributed by atoms with E-state index in [0.29, 0.717) is 7.48 Å². The lowest BCUT2D eigenvalue weighted by Crippen LogP contribution is -2.49. The van der Waals surface area contributed by atoms with E-state index in [1.807, 2.05) is 13.8 Å². The summed E-state index contributed by atoms with van der Waals surface area (Å²) in [6, 6.07) is 34.3. The van der Waals surface area contributed by atoms with Crippen molar-refractivity contribution in [2.24, 2.45) is 0 Å². The fraction of sp³-hybridized carbons (Fsp3) is 0.200. The zero-order chi connectivity index (χ0) is 23.9. The Morgan fingerprint density at radius 1 is 0.676 bits per heavy atom. The lowest BCUT2D eigenvalue weighted by Gasteiger charge is -2.37. The smallest absolute Gasteiger partial charge is 0.309 e. The predicted octanol–water partition coefficient (Wildman–Crippen LogP) is 5.99. The number of nitrogens with zero attached hydrogens (tertiary/aromatic N) is 1. The molecule has 34 heavy (non-hydrogen) atoms. The normalized spacial score (nSPS) is 12.4. The zero-order valence-electron chi connectivity index (χ0n) is 20.2. The highest BCUT2D eigenvalue weighted by Gasteiger charge is 2.35. The summed E-state index contributed by atoms with van der Waals surface area (Å²) in [5.41, 5.74) is 5.40. The van der Waals surface area contributed by atoms with E-state index in [-0.39, 0.29) is 0 Å². The van der Waals surface area contributed by atoms with Crippen LogP contribution >= 0.6 is 0 Å². The fourth-order valence-corrected chi connectivity index (χ4v) is 4.29. The average molecular weight is 447 g/mol. The molecule has 3 nitrogen and oxygen atoms in total. The molecular formula is C30H30BNO2. The van der Waals surface area contributed by atoms with E-state index in [4.69, 9.17) is 4.65 Å². The third kappa shape index (κ3) is 4.04. The summed E-state index contributed by atoms with van der Waals surface area (Å²) in [6.45, 7) is 7.41. The van der Waals surface area contributed by atoms with Crippen molar-refractivity contribution >= 4 is 34.8 Å². The second kappa shape index (κ2) is 8.46. The first-order chi connectivity index (χ1) is 16.2. The van der Waals surface area contributed by atoms with Crippen LogP contribution in [0.15, 0.2) is 97.1 Å². The zero-order valence-corrected chi connectivity index (χ0v) is 20.2. The van der Waals surface area contributed by atoms with Gasteiger partial charge in [0.15, 0.2) is 0 Å². The minimum atomic E-state index is -0.928. The van der Waals surface area contributed by atoms with Crippen LogP contribution in [-0.4, -0.2) is 28.4 Å². The van der Waals surface area contributed by atoms with Gasteiger partial charge in [-0.15, -0.1) is 0 Å². The van der Waals surface area contributed by atoms with Crippen LogP contribution in [0.5, 0.6) is 0 Å². The minimum Gasteiger partial charge on any atom is -0.427 e. The molecule has 0 spiro atoms. The third-order valence-electron chi connectivity index (χ3n) is 7.02. The SMILES string of the molecule is CC(C)(O)C(C)(C)OBc1cccc(-c2ccc3c(c2)c2ccccc2n3-c2ccccc2)c1. The Balaban J connectivity index is 1.55. The van der Waals surface area contributed by atoms with E-state index in [1.54, 1.807) is 13.8 Å². The lowest BCUT2D eigenvalue weighted by atomic mass is 9.81. The molecule has 0 aliphatic rings. The highest BCUT2D eigenvalue weighted by atomic mass is 16.5. The van der Waals surface area contributed by atoms with Crippen LogP contribution in [0.4, 0.5) is 0 Å². The number of rotatable bonds is 6. The first-order valence-corrected chi connectivity index (χ1v) is 11.8. The molecule has 0 unspecified atom stereocenters. The Bertz CT molecular complexity index is 1460. The van der Waals surface area contributed by atoms with Gasteiger partial charge in [-0.25, -0.2) is 0 Å². The number of para-hydroxylation sites is 2. The van der Waals surface area contributed by atoms with Gasteiger partial charge < -0.3 is 14.3 Å². The Labute approximate surface area is 201 Å². The number of hydrogen-bond acceptors (Lipinski definition) is 2. The second-order valence-corrected chi connectivity index (χ2v) is 9.98. The molecule has 0 saturated carbocycles. The molecule has 0 amide bonds. The monoisotopic (exact) mass is 447 g/mol. The van der Waals surface area contributed by atoms with Gasteiger partial charge in [0.2, 0.25) is 0 Å². The van der Waals surface area contributed by atoms with Gasteiger partial charge >= 0.3 is 7.48 Å². The molecule has 170 valence electrons. The highest BCUT2D eigenvalue weighted by Crippen LogP contribution is 2.34. The summed E-state index contributed by atoms with van der Waals surface area (Å²) in [5, 5.41) is 12.9. The number of hydrogen-bond donors (Lipinski definition) is 1. The molecule has 0 radical (unpaired) electrons. The molecule has 4 heteroatoms. The quantitative estimate of drug-likeness (QED) is 0.324. The maximum atomic E-state index is 10.4. The molecule has 1 aromatic heterocycles. The number of fused-ring (bicyclic) bond motifs is 3. The van der Waals surface area contributed by atoms with E-state index in [2.05, 4.69) is 102 Å². The van der Waals surface area contributed by atoms with E-state index in [1.165, 1.54) is 27.4 Å². The molecule has 5 rings (SSSR count). The summed E-state index contributed by atoms with van der Waals surface area (Å²) in [6.07, 6.45) is 0. The van der Waals surface area contributed by atoms with Crippen LogP contribution in [0.2, 0.25) is 0 Å². The van der Waals surface area contributed by atoms with Gasteiger partial charge in [0.25, 0.3) is 0 Å². The van der Waals surface area contributed by atoms with Crippen molar-refractivity contribution in [1.29, 1.82) is 0 Å². The van der Waals surface area contributed by atoms with Crippen LogP contribution in [0.1, 0.15) is 27.7 Å². The second-order valence-electron chi connectivity index (χ2n) is 9.98. The molecule has 4 aromatic carbocycles. The van der Waals surface area contributed by atoms with Gasteiger partial charge in [-0.3, -0.25) is 0 Å². The van der Waals surface area contributed by atoms with E-state index in [0.717, 1.165) is 16.7 Å². The van der Waals surface area contributed by atoms with Crippen LogP contribution in [0, 0.1) is 0 Å². The van der Waals surface area contributed by atoms with Crippen LogP contribution < -0.4 is 5.46 Å². The maximum absolute atomic E-state index is 10.4. The van der Waals surface area contributed by atoms with Crippen LogP contribution in [-0.2, 0) is 4.65 Å². The minimum absolute atomic E-state index is 0.445. The standard InChI is InChI=1S/C30H30BNO2/c1-29(2,33)30(3,4)34-31-23-12-10-11-21(19-23)22-17-18-28-26(20-22)25-15-8-9-16-27(25)32(28)24-13-6-5-7-14-24/h5-20,31,33H,1-4H3. The molecule has 1 N–H and O–H groups in total. The molecule has 0 bridgehead atoms. The van der Waals surface area contributed by atoms with Crippen molar-refractivity contribution in [3.63, 3.8) is 0 Å². The van der Waals surface area contributed by atoms with Crippen molar-refractivity contribution in [3.8, 4) is 16.8 Å². The van der Waals surface area contributed by atoms with E-state index in [9.17, 15) is 5.11 Å². The van der Waals surface area contributed by atoms with Gasteiger partial charge in [0.05, 0.1) is 22.2 Å². The summed E-state index contributed by atoms with van der Waals surface area (Å²) < 4.78 is 8.43. The van der Waals surface area contributed by atoms with Crippen molar-refractivity contribution < 1.29 is 9.76 Å². The molecule has 0 fully saturated rings. The predicted molar refractivity (Wildman–Crippen MR) is 144 cm³/mol.